The van der Waals surface area contributed by atoms with E-state index in [0.29, 0.717) is 6.04 Å². The zero-order chi connectivity index (χ0) is 13.1. The van der Waals surface area contributed by atoms with Gasteiger partial charge in [-0.3, -0.25) is 4.79 Å². The van der Waals surface area contributed by atoms with Crippen LogP contribution in [0.25, 0.3) is 0 Å². The number of hydrogen-bond donors (Lipinski definition) is 1. The minimum absolute atomic E-state index is 0.220. The molecule has 18 heavy (non-hydrogen) atoms. The number of amides is 1. The molecule has 1 aliphatic heterocycles. The molecule has 4 heteroatoms. The average Bonchev–Trinajstić information content (AvgIpc) is 2.79. The number of nitrogens with one attached hydrogen (secondary N) is 1. The van der Waals surface area contributed by atoms with Crippen LogP contribution in [-0.2, 0) is 6.42 Å². The number of nitrogens with zero attached hydrogens (tertiary/aromatic N) is 1. The molecule has 0 atom stereocenters. The predicted octanol–water partition coefficient (Wildman–Crippen LogP) is 2.44. The molecule has 3 nitrogen and oxygen atoms in total. The summed E-state index contributed by atoms with van der Waals surface area (Å²) in [6.45, 7) is 6.00. The third kappa shape index (κ3) is 2.75. The normalized spacial score (nSPS) is 17.2. The van der Waals surface area contributed by atoms with Crippen LogP contribution in [-0.4, -0.2) is 37.0 Å². The summed E-state index contributed by atoms with van der Waals surface area (Å²) in [5.41, 5.74) is 1.26. The van der Waals surface area contributed by atoms with Gasteiger partial charge in [0.2, 0.25) is 0 Å². The van der Waals surface area contributed by atoms with E-state index < -0.39 is 0 Å². The molecule has 0 saturated carbocycles. The highest BCUT2D eigenvalue weighted by molar-refractivity contribution is 7.14. The van der Waals surface area contributed by atoms with E-state index in [4.69, 9.17) is 0 Å². The maximum absolute atomic E-state index is 12.4. The lowest BCUT2D eigenvalue weighted by Crippen LogP contribution is -2.43. The Labute approximate surface area is 113 Å². The minimum Gasteiger partial charge on any atom is -0.338 e. The van der Waals surface area contributed by atoms with E-state index in [1.54, 1.807) is 11.3 Å². The van der Waals surface area contributed by atoms with Crippen LogP contribution < -0.4 is 5.32 Å². The summed E-state index contributed by atoms with van der Waals surface area (Å²) in [5.74, 6) is 0.220. The standard InChI is InChI=1S/C14H22N2OS/c1-4-12-10(2)9-13(18-12)14(17)16-7-5-11(15-3)6-8-16/h9,11,15H,4-8H2,1-3H3. The number of piperidine rings is 1. The molecule has 1 N–H and O–H groups in total. The predicted molar refractivity (Wildman–Crippen MR) is 76.4 cm³/mol. The lowest BCUT2D eigenvalue weighted by atomic mass is 10.1. The van der Waals surface area contributed by atoms with Crippen LogP contribution in [0.5, 0.6) is 0 Å². The van der Waals surface area contributed by atoms with Gasteiger partial charge in [0.05, 0.1) is 4.88 Å². The minimum atomic E-state index is 0.220. The Morgan fingerprint density at radius 3 is 2.67 bits per heavy atom. The van der Waals surface area contributed by atoms with Crippen LogP contribution in [0.2, 0.25) is 0 Å². The summed E-state index contributed by atoms with van der Waals surface area (Å²) in [5, 5.41) is 3.29. The molecular weight excluding hydrogens is 244 g/mol. The first-order chi connectivity index (χ1) is 8.65. The van der Waals surface area contributed by atoms with Gasteiger partial charge in [-0.15, -0.1) is 11.3 Å². The first-order valence-corrected chi connectivity index (χ1v) is 7.53. The third-order valence-electron chi connectivity index (χ3n) is 3.74. The maximum Gasteiger partial charge on any atom is 0.263 e. The molecule has 1 fully saturated rings. The molecular formula is C14H22N2OS. The Hall–Kier alpha value is -0.870. The maximum atomic E-state index is 12.4. The van der Waals surface area contributed by atoms with Crippen molar-refractivity contribution in [2.75, 3.05) is 20.1 Å². The van der Waals surface area contributed by atoms with Crippen molar-refractivity contribution in [3.05, 3.63) is 21.4 Å². The van der Waals surface area contributed by atoms with Crippen molar-refractivity contribution in [3.63, 3.8) is 0 Å². The second-order valence-corrected chi connectivity index (χ2v) is 6.06. The molecule has 0 spiro atoms. The van der Waals surface area contributed by atoms with Crippen LogP contribution in [0.1, 0.15) is 39.9 Å². The molecule has 1 aromatic rings. The second-order valence-electron chi connectivity index (χ2n) is 4.93. The zero-order valence-corrected chi connectivity index (χ0v) is 12.3. The lowest BCUT2D eigenvalue weighted by molar-refractivity contribution is 0.0712. The molecule has 0 radical (unpaired) electrons. The van der Waals surface area contributed by atoms with E-state index >= 15 is 0 Å². The Morgan fingerprint density at radius 2 is 2.17 bits per heavy atom. The van der Waals surface area contributed by atoms with Crippen LogP contribution >= 0.6 is 11.3 Å². The molecule has 0 aliphatic carbocycles. The van der Waals surface area contributed by atoms with Gasteiger partial charge in [0.1, 0.15) is 0 Å². The van der Waals surface area contributed by atoms with Gasteiger partial charge in [-0.05, 0) is 44.9 Å². The van der Waals surface area contributed by atoms with Crippen molar-refractivity contribution < 1.29 is 4.79 Å². The van der Waals surface area contributed by atoms with Gasteiger partial charge in [0.15, 0.2) is 0 Å². The van der Waals surface area contributed by atoms with Gasteiger partial charge in [-0.25, -0.2) is 0 Å². The fraction of sp³-hybridized carbons (Fsp3) is 0.643. The van der Waals surface area contributed by atoms with Gasteiger partial charge in [-0.1, -0.05) is 6.92 Å². The Kier molecular flexibility index (Phi) is 4.40. The number of hydrogen-bond acceptors (Lipinski definition) is 3. The van der Waals surface area contributed by atoms with Gasteiger partial charge < -0.3 is 10.2 Å². The van der Waals surface area contributed by atoms with E-state index in [2.05, 4.69) is 25.2 Å². The van der Waals surface area contributed by atoms with Gasteiger partial charge in [-0.2, -0.15) is 0 Å². The summed E-state index contributed by atoms with van der Waals surface area (Å²) in [6.07, 6.45) is 3.14. The van der Waals surface area contributed by atoms with Crippen molar-refractivity contribution in [2.24, 2.45) is 0 Å². The number of aryl methyl sites for hydroxylation is 2. The van der Waals surface area contributed by atoms with Crippen molar-refractivity contribution in [1.82, 2.24) is 10.2 Å². The van der Waals surface area contributed by atoms with Crippen LogP contribution in [0.4, 0.5) is 0 Å². The second kappa shape index (κ2) is 5.85. The fourth-order valence-electron chi connectivity index (χ4n) is 2.50. The molecule has 2 heterocycles. The van der Waals surface area contributed by atoms with Crippen molar-refractivity contribution >= 4 is 17.2 Å². The molecule has 1 saturated heterocycles. The Morgan fingerprint density at radius 1 is 1.50 bits per heavy atom. The third-order valence-corrected chi connectivity index (χ3v) is 5.11. The quantitative estimate of drug-likeness (QED) is 0.911. The molecule has 0 aromatic carbocycles. The number of likely N-dealkylation sites (tertiary alicyclic amines) is 1. The summed E-state index contributed by atoms with van der Waals surface area (Å²) in [4.78, 5) is 16.6. The highest BCUT2D eigenvalue weighted by Crippen LogP contribution is 2.24. The van der Waals surface area contributed by atoms with E-state index in [-0.39, 0.29) is 5.91 Å². The molecule has 2 rings (SSSR count). The number of thiophene rings is 1. The van der Waals surface area contributed by atoms with E-state index in [0.717, 1.165) is 37.2 Å². The molecule has 1 aliphatic rings. The molecule has 0 bridgehead atoms. The van der Waals surface area contributed by atoms with Crippen LogP contribution in [0.3, 0.4) is 0 Å². The average molecular weight is 266 g/mol. The zero-order valence-electron chi connectivity index (χ0n) is 11.5. The fourth-order valence-corrected chi connectivity index (χ4v) is 3.59. The number of carbonyl (C=O) groups excluding carboxylic acids is 1. The van der Waals surface area contributed by atoms with Gasteiger partial charge in [0, 0.05) is 24.0 Å². The van der Waals surface area contributed by atoms with E-state index in [1.165, 1.54) is 10.4 Å². The lowest BCUT2D eigenvalue weighted by Gasteiger charge is -2.31. The number of rotatable bonds is 3. The largest absolute Gasteiger partial charge is 0.338 e. The SMILES string of the molecule is CCc1sc(C(=O)N2CCC(NC)CC2)cc1C. The van der Waals surface area contributed by atoms with Gasteiger partial charge in [0.25, 0.3) is 5.91 Å². The van der Waals surface area contributed by atoms with Crippen LogP contribution in [0.15, 0.2) is 6.07 Å². The van der Waals surface area contributed by atoms with Crippen molar-refractivity contribution in [2.45, 2.75) is 39.2 Å². The van der Waals surface area contributed by atoms with Crippen molar-refractivity contribution in [3.8, 4) is 0 Å². The molecule has 100 valence electrons. The summed E-state index contributed by atoms with van der Waals surface area (Å²) >= 11 is 1.66. The van der Waals surface area contributed by atoms with E-state index in [9.17, 15) is 4.79 Å². The Balaban J connectivity index is 2.03. The van der Waals surface area contributed by atoms with E-state index in [1.807, 2.05) is 11.9 Å². The highest BCUT2D eigenvalue weighted by Gasteiger charge is 2.24. The van der Waals surface area contributed by atoms with Gasteiger partial charge >= 0.3 is 0 Å². The molecule has 0 unspecified atom stereocenters. The molecule has 1 amide bonds. The molecule has 1 aromatic heterocycles. The summed E-state index contributed by atoms with van der Waals surface area (Å²) in [7, 11) is 2.00. The number of carbonyl (C=O) groups is 1. The van der Waals surface area contributed by atoms with Crippen molar-refractivity contribution in [1.29, 1.82) is 0 Å². The first-order valence-electron chi connectivity index (χ1n) is 6.71. The topological polar surface area (TPSA) is 32.3 Å². The van der Waals surface area contributed by atoms with Crippen LogP contribution in [0, 0.1) is 6.92 Å². The summed E-state index contributed by atoms with van der Waals surface area (Å²) < 4.78 is 0. The monoisotopic (exact) mass is 266 g/mol. The Bertz CT molecular complexity index is 419. The smallest absolute Gasteiger partial charge is 0.263 e. The summed E-state index contributed by atoms with van der Waals surface area (Å²) in [6, 6.07) is 2.63. The highest BCUT2D eigenvalue weighted by atomic mass is 32.1. The first kappa shape index (κ1) is 13.6.